The first-order valence-corrected chi connectivity index (χ1v) is 11.4. The number of aromatic nitrogens is 3. The van der Waals surface area contributed by atoms with Crippen molar-refractivity contribution >= 4 is 5.91 Å². The first-order valence-electron chi connectivity index (χ1n) is 11.4. The lowest BCUT2D eigenvalue weighted by atomic mass is 10.1. The van der Waals surface area contributed by atoms with Crippen LogP contribution in [0.4, 0.5) is 0 Å². The number of hydrogen-bond donors (Lipinski definition) is 0. The SMILES string of the molecule is CCc1ccc(CN(Cc2cccnc2)C(=O)c2c(C)nn(Cc3ccccc3)c2C)cc1. The number of aryl methyl sites for hydroxylation is 2. The Bertz CT molecular complexity index is 1200. The van der Waals surface area contributed by atoms with Crippen LogP contribution in [0.3, 0.4) is 0 Å². The molecule has 0 spiro atoms. The highest BCUT2D eigenvalue weighted by molar-refractivity contribution is 5.96. The average Bonchev–Trinajstić information content (AvgIpc) is 3.12. The van der Waals surface area contributed by atoms with Crippen LogP contribution < -0.4 is 0 Å². The zero-order chi connectivity index (χ0) is 23.2. The normalized spacial score (nSPS) is 10.9. The number of carbonyl (C=O) groups is 1. The van der Waals surface area contributed by atoms with Crippen molar-refractivity contribution in [2.75, 3.05) is 0 Å². The van der Waals surface area contributed by atoms with Crippen molar-refractivity contribution in [1.29, 1.82) is 0 Å². The molecule has 33 heavy (non-hydrogen) atoms. The summed E-state index contributed by atoms with van der Waals surface area (Å²) in [6, 6.07) is 22.6. The highest BCUT2D eigenvalue weighted by atomic mass is 16.2. The van der Waals surface area contributed by atoms with E-state index in [-0.39, 0.29) is 5.91 Å². The zero-order valence-corrected chi connectivity index (χ0v) is 19.5. The molecule has 0 N–H and O–H groups in total. The molecule has 168 valence electrons. The third kappa shape index (κ3) is 5.37. The minimum Gasteiger partial charge on any atom is -0.330 e. The van der Waals surface area contributed by atoms with Gasteiger partial charge in [-0.15, -0.1) is 0 Å². The first-order chi connectivity index (χ1) is 16.0. The maximum Gasteiger partial charge on any atom is 0.258 e. The molecule has 0 bridgehead atoms. The molecule has 2 aromatic carbocycles. The number of benzene rings is 2. The minimum atomic E-state index is -0.00673. The predicted octanol–water partition coefficient (Wildman–Crippen LogP) is 5.35. The third-order valence-corrected chi connectivity index (χ3v) is 5.96. The second kappa shape index (κ2) is 10.3. The molecule has 5 heteroatoms. The van der Waals surface area contributed by atoms with E-state index in [9.17, 15) is 4.79 Å². The Labute approximate surface area is 195 Å². The van der Waals surface area contributed by atoms with Crippen LogP contribution in [0.25, 0.3) is 0 Å². The van der Waals surface area contributed by atoms with Gasteiger partial charge in [0.15, 0.2) is 0 Å². The number of carbonyl (C=O) groups excluding carboxylic acids is 1. The molecule has 0 aliphatic heterocycles. The van der Waals surface area contributed by atoms with Crippen molar-refractivity contribution in [2.24, 2.45) is 0 Å². The molecule has 1 amide bonds. The quantitative estimate of drug-likeness (QED) is 0.373. The Kier molecular flexibility index (Phi) is 6.98. The fourth-order valence-electron chi connectivity index (χ4n) is 4.09. The molecule has 4 aromatic rings. The molecule has 0 fully saturated rings. The van der Waals surface area contributed by atoms with Gasteiger partial charge in [-0.2, -0.15) is 5.10 Å². The maximum absolute atomic E-state index is 13.8. The van der Waals surface area contributed by atoms with Gasteiger partial charge in [0.25, 0.3) is 5.91 Å². The molecule has 2 heterocycles. The van der Waals surface area contributed by atoms with Crippen LogP contribution in [0.1, 0.15) is 50.9 Å². The summed E-state index contributed by atoms with van der Waals surface area (Å²) in [6.45, 7) is 7.70. The molecule has 0 unspecified atom stereocenters. The maximum atomic E-state index is 13.8. The molecule has 5 nitrogen and oxygen atoms in total. The monoisotopic (exact) mass is 438 g/mol. The van der Waals surface area contributed by atoms with Gasteiger partial charge in [0, 0.05) is 31.2 Å². The average molecular weight is 439 g/mol. The predicted molar refractivity (Wildman–Crippen MR) is 131 cm³/mol. The van der Waals surface area contributed by atoms with E-state index >= 15 is 0 Å². The number of nitrogens with zero attached hydrogens (tertiary/aromatic N) is 4. The number of pyridine rings is 1. The topological polar surface area (TPSA) is 51.0 Å². The molecule has 0 saturated carbocycles. The fraction of sp³-hybridized carbons (Fsp3) is 0.250. The second-order valence-electron chi connectivity index (χ2n) is 8.38. The van der Waals surface area contributed by atoms with E-state index in [1.54, 1.807) is 6.20 Å². The van der Waals surface area contributed by atoms with Crippen LogP contribution >= 0.6 is 0 Å². The van der Waals surface area contributed by atoms with E-state index in [2.05, 4.69) is 48.3 Å². The summed E-state index contributed by atoms with van der Waals surface area (Å²) >= 11 is 0. The van der Waals surface area contributed by atoms with Gasteiger partial charge in [0.2, 0.25) is 0 Å². The molecule has 0 atom stereocenters. The van der Waals surface area contributed by atoms with Gasteiger partial charge < -0.3 is 4.90 Å². The van der Waals surface area contributed by atoms with E-state index < -0.39 is 0 Å². The number of amides is 1. The molecule has 0 saturated heterocycles. The fourth-order valence-corrected chi connectivity index (χ4v) is 4.09. The van der Waals surface area contributed by atoms with Gasteiger partial charge in [-0.1, -0.05) is 67.6 Å². The second-order valence-corrected chi connectivity index (χ2v) is 8.38. The Morgan fingerprint density at radius 2 is 1.52 bits per heavy atom. The van der Waals surface area contributed by atoms with Gasteiger partial charge in [-0.05, 0) is 48.6 Å². The van der Waals surface area contributed by atoms with E-state index in [0.717, 1.165) is 34.5 Å². The molecular formula is C28H30N4O. The van der Waals surface area contributed by atoms with Crippen LogP contribution in [0.2, 0.25) is 0 Å². The summed E-state index contributed by atoms with van der Waals surface area (Å²) in [5.41, 5.74) is 6.88. The third-order valence-electron chi connectivity index (χ3n) is 5.96. The Hall–Kier alpha value is -3.73. The Morgan fingerprint density at radius 1 is 0.848 bits per heavy atom. The smallest absolute Gasteiger partial charge is 0.258 e. The van der Waals surface area contributed by atoms with Crippen LogP contribution in [0, 0.1) is 13.8 Å². The molecule has 0 aliphatic carbocycles. The lowest BCUT2D eigenvalue weighted by Gasteiger charge is -2.23. The standard InChI is InChI=1S/C28H30N4O/c1-4-23-12-14-25(15-13-23)18-31(19-26-11-8-16-29-17-26)28(33)27-21(2)30-32(22(27)3)20-24-9-6-5-7-10-24/h5-17H,4,18-20H2,1-3H3. The highest BCUT2D eigenvalue weighted by Gasteiger charge is 2.24. The van der Waals surface area contributed by atoms with Gasteiger partial charge in [-0.25, -0.2) is 0 Å². The van der Waals surface area contributed by atoms with Gasteiger partial charge in [0.05, 0.1) is 17.8 Å². The van der Waals surface area contributed by atoms with Crippen molar-refractivity contribution in [3.05, 3.63) is 118 Å². The minimum absolute atomic E-state index is 0.00673. The van der Waals surface area contributed by atoms with Crippen LogP contribution in [0.15, 0.2) is 79.1 Å². The van der Waals surface area contributed by atoms with Crippen molar-refractivity contribution in [2.45, 2.75) is 46.8 Å². The number of hydrogen-bond acceptors (Lipinski definition) is 3. The van der Waals surface area contributed by atoms with E-state index in [0.29, 0.717) is 25.2 Å². The van der Waals surface area contributed by atoms with E-state index in [1.807, 2.05) is 60.0 Å². The Morgan fingerprint density at radius 3 is 2.18 bits per heavy atom. The summed E-state index contributed by atoms with van der Waals surface area (Å²) in [5, 5.41) is 4.70. The first kappa shape index (κ1) is 22.5. The summed E-state index contributed by atoms with van der Waals surface area (Å²) in [4.78, 5) is 20.0. The van der Waals surface area contributed by atoms with Gasteiger partial charge in [0.1, 0.15) is 0 Å². The van der Waals surface area contributed by atoms with Crippen molar-refractivity contribution in [1.82, 2.24) is 19.7 Å². The van der Waals surface area contributed by atoms with E-state index in [4.69, 9.17) is 5.10 Å². The largest absolute Gasteiger partial charge is 0.330 e. The lowest BCUT2D eigenvalue weighted by Crippen LogP contribution is -2.31. The zero-order valence-electron chi connectivity index (χ0n) is 19.5. The van der Waals surface area contributed by atoms with Crippen LogP contribution in [-0.2, 0) is 26.1 Å². The molecule has 4 rings (SSSR count). The molecular weight excluding hydrogens is 408 g/mol. The summed E-state index contributed by atoms with van der Waals surface area (Å²) < 4.78 is 1.93. The summed E-state index contributed by atoms with van der Waals surface area (Å²) in [6.07, 6.45) is 4.57. The van der Waals surface area contributed by atoms with Crippen LogP contribution in [-0.4, -0.2) is 25.6 Å². The van der Waals surface area contributed by atoms with Crippen LogP contribution in [0.5, 0.6) is 0 Å². The number of rotatable bonds is 8. The van der Waals surface area contributed by atoms with Gasteiger partial charge >= 0.3 is 0 Å². The molecule has 2 aromatic heterocycles. The molecule has 0 aliphatic rings. The van der Waals surface area contributed by atoms with Crippen molar-refractivity contribution in [3.8, 4) is 0 Å². The highest BCUT2D eigenvalue weighted by Crippen LogP contribution is 2.21. The lowest BCUT2D eigenvalue weighted by molar-refractivity contribution is 0.0728. The summed E-state index contributed by atoms with van der Waals surface area (Å²) in [7, 11) is 0. The molecule has 0 radical (unpaired) electrons. The van der Waals surface area contributed by atoms with Gasteiger partial charge in [-0.3, -0.25) is 14.5 Å². The summed E-state index contributed by atoms with van der Waals surface area (Å²) in [5.74, 6) is -0.00673. The van der Waals surface area contributed by atoms with Crippen molar-refractivity contribution in [3.63, 3.8) is 0 Å². The van der Waals surface area contributed by atoms with Crippen molar-refractivity contribution < 1.29 is 4.79 Å². The Balaban J connectivity index is 1.63. The van der Waals surface area contributed by atoms with E-state index in [1.165, 1.54) is 5.56 Å².